The lowest BCUT2D eigenvalue weighted by Gasteiger charge is -2.20. The fourth-order valence-electron chi connectivity index (χ4n) is 1.36. The van der Waals surface area contributed by atoms with Gasteiger partial charge in [0.15, 0.2) is 0 Å². The molecule has 0 aliphatic heterocycles. The van der Waals surface area contributed by atoms with Crippen LogP contribution in [0.2, 0.25) is 0 Å². The summed E-state index contributed by atoms with van der Waals surface area (Å²) in [6, 6.07) is 4.64. The van der Waals surface area contributed by atoms with Crippen LogP contribution in [0.4, 0.5) is 11.4 Å². The number of aldehydes is 1. The van der Waals surface area contributed by atoms with Crippen molar-refractivity contribution in [3.63, 3.8) is 0 Å². The lowest BCUT2D eigenvalue weighted by atomic mass is 10.2. The van der Waals surface area contributed by atoms with E-state index in [0.717, 1.165) is 0 Å². The monoisotopic (exact) mass is 251 g/mol. The van der Waals surface area contributed by atoms with Crippen LogP contribution in [-0.4, -0.2) is 42.8 Å². The third kappa shape index (κ3) is 3.53. The van der Waals surface area contributed by atoms with Gasteiger partial charge in [-0.3, -0.25) is 14.9 Å². The zero-order valence-corrected chi connectivity index (χ0v) is 10.7. The summed E-state index contributed by atoms with van der Waals surface area (Å²) < 4.78 is 0. The van der Waals surface area contributed by atoms with Gasteiger partial charge in [0.25, 0.3) is 5.69 Å². The van der Waals surface area contributed by atoms with E-state index in [1.807, 2.05) is 25.9 Å². The first kappa shape index (κ1) is 14.1. The molecule has 98 valence electrons. The molecule has 1 atom stereocenters. The summed E-state index contributed by atoms with van der Waals surface area (Å²) in [6.45, 7) is 2.60. The first-order chi connectivity index (χ1) is 8.45. The van der Waals surface area contributed by atoms with E-state index < -0.39 is 4.92 Å². The number of benzene rings is 1. The number of anilines is 1. The Hall–Kier alpha value is -1.95. The molecular formula is C12H17N3O3. The normalized spacial score (nSPS) is 12.2. The third-order valence-corrected chi connectivity index (χ3v) is 2.82. The van der Waals surface area contributed by atoms with Crippen molar-refractivity contribution in [1.29, 1.82) is 0 Å². The highest BCUT2D eigenvalue weighted by molar-refractivity contribution is 5.79. The van der Waals surface area contributed by atoms with Gasteiger partial charge in [0.1, 0.15) is 12.0 Å². The molecule has 6 heteroatoms. The van der Waals surface area contributed by atoms with E-state index in [4.69, 9.17) is 0 Å². The van der Waals surface area contributed by atoms with Gasteiger partial charge in [-0.15, -0.1) is 0 Å². The first-order valence-electron chi connectivity index (χ1n) is 5.59. The van der Waals surface area contributed by atoms with Crippen LogP contribution >= 0.6 is 0 Å². The highest BCUT2D eigenvalue weighted by Gasteiger charge is 2.15. The molecule has 0 heterocycles. The second kappa shape index (κ2) is 6.11. The molecule has 0 radical (unpaired) electrons. The summed E-state index contributed by atoms with van der Waals surface area (Å²) in [7, 11) is 3.88. The van der Waals surface area contributed by atoms with Crippen LogP contribution in [0.25, 0.3) is 0 Å². The van der Waals surface area contributed by atoms with Crippen LogP contribution in [-0.2, 0) is 0 Å². The van der Waals surface area contributed by atoms with Crippen molar-refractivity contribution in [2.45, 2.75) is 13.0 Å². The van der Waals surface area contributed by atoms with Crippen molar-refractivity contribution >= 4 is 17.7 Å². The molecule has 0 amide bonds. The van der Waals surface area contributed by atoms with Crippen molar-refractivity contribution in [2.24, 2.45) is 0 Å². The van der Waals surface area contributed by atoms with Crippen LogP contribution in [0.3, 0.4) is 0 Å². The Balaban J connectivity index is 2.88. The molecule has 0 saturated carbocycles. The number of nitrogens with one attached hydrogen (secondary N) is 1. The lowest BCUT2D eigenvalue weighted by Crippen LogP contribution is -2.31. The second-order valence-electron chi connectivity index (χ2n) is 4.35. The van der Waals surface area contributed by atoms with E-state index in [-0.39, 0.29) is 11.7 Å². The summed E-state index contributed by atoms with van der Waals surface area (Å²) in [6.07, 6.45) is 0.596. The maximum Gasteiger partial charge on any atom is 0.293 e. The summed E-state index contributed by atoms with van der Waals surface area (Å²) in [5.74, 6) is 0. The molecule has 1 aromatic rings. The van der Waals surface area contributed by atoms with Crippen molar-refractivity contribution in [3.8, 4) is 0 Å². The van der Waals surface area contributed by atoms with Crippen LogP contribution in [0.15, 0.2) is 18.2 Å². The van der Waals surface area contributed by atoms with Gasteiger partial charge in [-0.2, -0.15) is 0 Å². The minimum absolute atomic E-state index is 0.0782. The van der Waals surface area contributed by atoms with E-state index in [9.17, 15) is 14.9 Å². The lowest BCUT2D eigenvalue weighted by molar-refractivity contribution is -0.384. The first-order valence-corrected chi connectivity index (χ1v) is 5.59. The number of rotatable bonds is 6. The van der Waals surface area contributed by atoms with Crippen molar-refractivity contribution in [1.82, 2.24) is 4.90 Å². The molecule has 0 aliphatic rings. The maximum absolute atomic E-state index is 10.9. The van der Waals surface area contributed by atoms with E-state index in [0.29, 0.717) is 24.1 Å². The number of nitrogens with zero attached hydrogens (tertiary/aromatic N) is 2. The SMILES string of the molecule is CC(CNc1ccc(C=O)cc1[N+](=O)[O-])N(C)C. The highest BCUT2D eigenvalue weighted by Crippen LogP contribution is 2.25. The molecule has 0 aliphatic carbocycles. The van der Waals surface area contributed by atoms with Gasteiger partial charge < -0.3 is 10.2 Å². The smallest absolute Gasteiger partial charge is 0.293 e. The Morgan fingerprint density at radius 1 is 1.50 bits per heavy atom. The van der Waals surface area contributed by atoms with Crippen LogP contribution in [0.1, 0.15) is 17.3 Å². The van der Waals surface area contributed by atoms with Crippen LogP contribution in [0.5, 0.6) is 0 Å². The molecule has 6 nitrogen and oxygen atoms in total. The number of nitro benzene ring substituents is 1. The fraction of sp³-hybridized carbons (Fsp3) is 0.417. The van der Waals surface area contributed by atoms with E-state index >= 15 is 0 Å². The minimum atomic E-state index is -0.490. The zero-order chi connectivity index (χ0) is 13.7. The predicted octanol–water partition coefficient (Wildman–Crippen LogP) is 1.77. The van der Waals surface area contributed by atoms with Gasteiger partial charge in [-0.05, 0) is 33.2 Å². The van der Waals surface area contributed by atoms with E-state index in [1.54, 1.807) is 12.1 Å². The van der Waals surface area contributed by atoms with Crippen molar-refractivity contribution in [3.05, 3.63) is 33.9 Å². The summed E-state index contributed by atoms with van der Waals surface area (Å²) in [5.41, 5.74) is 0.651. The van der Waals surface area contributed by atoms with Gasteiger partial charge in [0.2, 0.25) is 0 Å². The fourth-order valence-corrected chi connectivity index (χ4v) is 1.36. The standard InChI is InChI=1S/C12H17N3O3/c1-9(14(2)3)7-13-11-5-4-10(8-16)6-12(11)15(17)18/h4-6,8-9,13H,7H2,1-3H3. The van der Waals surface area contributed by atoms with Crippen LogP contribution < -0.4 is 5.32 Å². The third-order valence-electron chi connectivity index (χ3n) is 2.82. The van der Waals surface area contributed by atoms with Gasteiger partial charge in [-0.25, -0.2) is 0 Å². The van der Waals surface area contributed by atoms with E-state index in [1.165, 1.54) is 6.07 Å². The number of hydrogen-bond acceptors (Lipinski definition) is 5. The van der Waals surface area contributed by atoms with E-state index in [2.05, 4.69) is 5.32 Å². The Labute approximate surface area is 106 Å². The topological polar surface area (TPSA) is 75.5 Å². The van der Waals surface area contributed by atoms with Crippen LogP contribution in [0, 0.1) is 10.1 Å². The number of carbonyl (C=O) groups excluding carboxylic acids is 1. The summed E-state index contributed by atoms with van der Waals surface area (Å²) in [5, 5.41) is 13.9. The molecule has 18 heavy (non-hydrogen) atoms. The molecule has 1 aromatic carbocycles. The Morgan fingerprint density at radius 3 is 2.67 bits per heavy atom. The molecule has 0 spiro atoms. The molecule has 0 bridgehead atoms. The minimum Gasteiger partial charge on any atom is -0.378 e. The number of hydrogen-bond donors (Lipinski definition) is 1. The Morgan fingerprint density at radius 2 is 2.17 bits per heavy atom. The molecule has 1 unspecified atom stereocenters. The predicted molar refractivity (Wildman–Crippen MR) is 70.1 cm³/mol. The summed E-state index contributed by atoms with van der Waals surface area (Å²) >= 11 is 0. The number of nitro groups is 1. The molecule has 1 N–H and O–H groups in total. The average Bonchev–Trinajstić information content (AvgIpc) is 2.35. The maximum atomic E-state index is 10.9. The highest BCUT2D eigenvalue weighted by atomic mass is 16.6. The summed E-state index contributed by atoms with van der Waals surface area (Å²) in [4.78, 5) is 23.0. The van der Waals surface area contributed by atoms with Crippen molar-refractivity contribution < 1.29 is 9.72 Å². The second-order valence-corrected chi connectivity index (χ2v) is 4.35. The average molecular weight is 251 g/mol. The molecule has 1 rings (SSSR count). The van der Waals surface area contributed by atoms with Gasteiger partial charge in [0, 0.05) is 24.2 Å². The molecule has 0 saturated heterocycles. The number of likely N-dealkylation sites (N-methyl/N-ethyl adjacent to an activating group) is 1. The molecule has 0 aromatic heterocycles. The number of carbonyl (C=O) groups is 1. The molecule has 0 fully saturated rings. The molecular weight excluding hydrogens is 234 g/mol. The largest absolute Gasteiger partial charge is 0.378 e. The quantitative estimate of drug-likeness (QED) is 0.473. The van der Waals surface area contributed by atoms with Gasteiger partial charge >= 0.3 is 0 Å². The Bertz CT molecular complexity index is 446. The zero-order valence-electron chi connectivity index (χ0n) is 10.7. The van der Waals surface area contributed by atoms with Gasteiger partial charge in [-0.1, -0.05) is 0 Å². The Kier molecular flexibility index (Phi) is 4.79. The van der Waals surface area contributed by atoms with Gasteiger partial charge in [0.05, 0.1) is 4.92 Å². The van der Waals surface area contributed by atoms with Crippen molar-refractivity contribution in [2.75, 3.05) is 26.0 Å².